The van der Waals surface area contributed by atoms with Gasteiger partial charge in [-0.25, -0.2) is 4.98 Å². The molecule has 1 aromatic heterocycles. The van der Waals surface area contributed by atoms with Gasteiger partial charge in [-0.05, 0) is 19.4 Å². The Kier molecular flexibility index (Phi) is 3.53. The summed E-state index contributed by atoms with van der Waals surface area (Å²) in [4.78, 5) is 8.04. The second kappa shape index (κ2) is 4.94. The van der Waals surface area contributed by atoms with E-state index in [2.05, 4.69) is 50.9 Å². The van der Waals surface area contributed by atoms with Crippen molar-refractivity contribution in [1.29, 1.82) is 0 Å². The molecule has 0 unspecified atom stereocenters. The molecule has 0 atom stereocenters. The van der Waals surface area contributed by atoms with Crippen molar-refractivity contribution in [1.82, 2.24) is 9.97 Å². The topological polar surface area (TPSA) is 54.7 Å². The zero-order valence-corrected chi connectivity index (χ0v) is 11.5. The number of H-pyrrole nitrogens is 1. The average Bonchev–Trinajstić information content (AvgIpc) is 2.73. The summed E-state index contributed by atoms with van der Waals surface area (Å²) in [5.41, 5.74) is 11.5. The van der Waals surface area contributed by atoms with E-state index in [1.807, 2.05) is 0 Å². The molecule has 0 aliphatic rings. The number of rotatable bonds is 3. The molecule has 0 saturated carbocycles. The van der Waals surface area contributed by atoms with Crippen molar-refractivity contribution in [2.75, 3.05) is 0 Å². The van der Waals surface area contributed by atoms with E-state index < -0.39 is 0 Å². The van der Waals surface area contributed by atoms with E-state index in [4.69, 9.17) is 10.7 Å². The third-order valence-corrected chi connectivity index (χ3v) is 3.19. The van der Waals surface area contributed by atoms with Crippen LogP contribution in [0.2, 0.25) is 0 Å². The Morgan fingerprint density at radius 1 is 1.28 bits per heavy atom. The fourth-order valence-electron chi connectivity index (χ4n) is 2.15. The van der Waals surface area contributed by atoms with Gasteiger partial charge in [-0.2, -0.15) is 0 Å². The van der Waals surface area contributed by atoms with E-state index >= 15 is 0 Å². The Morgan fingerprint density at radius 3 is 2.56 bits per heavy atom. The maximum atomic E-state index is 5.81. The van der Waals surface area contributed by atoms with Gasteiger partial charge in [0.15, 0.2) is 0 Å². The van der Waals surface area contributed by atoms with Crippen LogP contribution in [0.4, 0.5) is 0 Å². The van der Waals surface area contributed by atoms with Crippen LogP contribution in [-0.4, -0.2) is 9.97 Å². The zero-order valence-electron chi connectivity index (χ0n) is 11.5. The third-order valence-electron chi connectivity index (χ3n) is 3.19. The monoisotopic (exact) mass is 243 g/mol. The van der Waals surface area contributed by atoms with Crippen LogP contribution in [0.5, 0.6) is 0 Å². The Hall–Kier alpha value is -1.61. The van der Waals surface area contributed by atoms with Crippen LogP contribution in [0.1, 0.15) is 42.4 Å². The highest BCUT2D eigenvalue weighted by atomic mass is 15.0. The SMILES string of the molecule is Cc1ccc(-c2nc(C(C)C)[nH]c2CN)c(C)c1. The van der Waals surface area contributed by atoms with Gasteiger partial charge in [-0.1, -0.05) is 37.6 Å². The molecule has 0 amide bonds. The first-order chi connectivity index (χ1) is 8.52. The summed E-state index contributed by atoms with van der Waals surface area (Å²) < 4.78 is 0. The first kappa shape index (κ1) is 12.8. The fraction of sp³-hybridized carbons (Fsp3) is 0.400. The molecule has 0 aliphatic carbocycles. The fourth-order valence-corrected chi connectivity index (χ4v) is 2.15. The van der Waals surface area contributed by atoms with E-state index in [0.717, 1.165) is 17.2 Å². The standard InChI is InChI=1S/C15H21N3/c1-9(2)15-17-13(8-16)14(18-15)12-6-5-10(3)7-11(12)4/h5-7,9H,8,16H2,1-4H3,(H,17,18). The lowest BCUT2D eigenvalue weighted by Gasteiger charge is -2.06. The number of imidazole rings is 1. The van der Waals surface area contributed by atoms with Crippen molar-refractivity contribution in [3.63, 3.8) is 0 Å². The maximum absolute atomic E-state index is 5.81. The summed E-state index contributed by atoms with van der Waals surface area (Å²) in [5.74, 6) is 1.39. The summed E-state index contributed by atoms with van der Waals surface area (Å²) in [7, 11) is 0. The smallest absolute Gasteiger partial charge is 0.109 e. The van der Waals surface area contributed by atoms with Gasteiger partial charge in [-0.3, -0.25) is 0 Å². The molecule has 3 N–H and O–H groups in total. The van der Waals surface area contributed by atoms with Gasteiger partial charge in [0.25, 0.3) is 0 Å². The van der Waals surface area contributed by atoms with Crippen LogP contribution in [0.25, 0.3) is 11.3 Å². The molecule has 1 aromatic carbocycles. The van der Waals surface area contributed by atoms with Crippen molar-refractivity contribution >= 4 is 0 Å². The first-order valence-electron chi connectivity index (χ1n) is 6.39. The third kappa shape index (κ3) is 2.31. The molecule has 2 aromatic rings. The Bertz CT molecular complexity index is 553. The molecule has 0 aliphatic heterocycles. The number of aryl methyl sites for hydroxylation is 2. The van der Waals surface area contributed by atoms with E-state index in [1.165, 1.54) is 16.7 Å². The van der Waals surface area contributed by atoms with E-state index in [0.29, 0.717) is 12.5 Å². The summed E-state index contributed by atoms with van der Waals surface area (Å²) in [5, 5.41) is 0. The lowest BCUT2D eigenvalue weighted by atomic mass is 10.0. The first-order valence-corrected chi connectivity index (χ1v) is 6.39. The highest BCUT2D eigenvalue weighted by molar-refractivity contribution is 5.66. The molecule has 2 rings (SSSR count). The molecule has 18 heavy (non-hydrogen) atoms. The predicted molar refractivity (Wildman–Crippen MR) is 75.5 cm³/mol. The second-order valence-corrected chi connectivity index (χ2v) is 5.13. The minimum atomic E-state index is 0.384. The predicted octanol–water partition coefficient (Wildman–Crippen LogP) is 3.28. The van der Waals surface area contributed by atoms with Gasteiger partial charge in [0, 0.05) is 18.0 Å². The van der Waals surface area contributed by atoms with Crippen molar-refractivity contribution in [2.24, 2.45) is 5.73 Å². The van der Waals surface area contributed by atoms with Crippen molar-refractivity contribution < 1.29 is 0 Å². The molecule has 3 heteroatoms. The summed E-state index contributed by atoms with van der Waals surface area (Å²) in [6.07, 6.45) is 0. The van der Waals surface area contributed by atoms with Gasteiger partial charge in [0.2, 0.25) is 0 Å². The second-order valence-electron chi connectivity index (χ2n) is 5.13. The molecule has 0 fully saturated rings. The maximum Gasteiger partial charge on any atom is 0.109 e. The van der Waals surface area contributed by atoms with Gasteiger partial charge in [0.1, 0.15) is 5.82 Å². The zero-order chi connectivity index (χ0) is 13.3. The minimum absolute atomic E-state index is 0.384. The lowest BCUT2D eigenvalue weighted by molar-refractivity contribution is 0.788. The number of hydrogen-bond donors (Lipinski definition) is 2. The van der Waals surface area contributed by atoms with Crippen LogP contribution in [0.15, 0.2) is 18.2 Å². The lowest BCUT2D eigenvalue weighted by Crippen LogP contribution is -1.99. The van der Waals surface area contributed by atoms with Crippen LogP contribution < -0.4 is 5.73 Å². The van der Waals surface area contributed by atoms with Crippen LogP contribution in [0, 0.1) is 13.8 Å². The number of nitrogens with zero attached hydrogens (tertiary/aromatic N) is 1. The molecule has 1 heterocycles. The van der Waals surface area contributed by atoms with Crippen molar-refractivity contribution in [3.8, 4) is 11.3 Å². The van der Waals surface area contributed by atoms with E-state index in [9.17, 15) is 0 Å². The normalized spacial score (nSPS) is 11.2. The van der Waals surface area contributed by atoms with Crippen molar-refractivity contribution in [3.05, 3.63) is 40.8 Å². The highest BCUT2D eigenvalue weighted by Gasteiger charge is 2.14. The van der Waals surface area contributed by atoms with Gasteiger partial charge in [-0.15, -0.1) is 0 Å². The molecular weight excluding hydrogens is 222 g/mol. The molecule has 3 nitrogen and oxygen atoms in total. The van der Waals surface area contributed by atoms with Crippen molar-refractivity contribution in [2.45, 2.75) is 40.2 Å². The largest absolute Gasteiger partial charge is 0.344 e. The Labute approximate surface area is 108 Å². The molecule has 96 valence electrons. The Morgan fingerprint density at radius 2 is 2.00 bits per heavy atom. The van der Waals surface area contributed by atoms with Gasteiger partial charge < -0.3 is 10.7 Å². The number of nitrogens with one attached hydrogen (secondary N) is 1. The van der Waals surface area contributed by atoms with Gasteiger partial charge in [0.05, 0.1) is 11.4 Å². The summed E-state index contributed by atoms with van der Waals surface area (Å²) in [6.45, 7) is 8.97. The quantitative estimate of drug-likeness (QED) is 0.869. The average molecular weight is 243 g/mol. The van der Waals surface area contributed by atoms with Crippen LogP contribution >= 0.6 is 0 Å². The van der Waals surface area contributed by atoms with E-state index in [-0.39, 0.29) is 0 Å². The molecule has 0 radical (unpaired) electrons. The van der Waals surface area contributed by atoms with E-state index in [1.54, 1.807) is 0 Å². The van der Waals surface area contributed by atoms with Crippen LogP contribution in [-0.2, 0) is 6.54 Å². The minimum Gasteiger partial charge on any atom is -0.344 e. The molecule has 0 saturated heterocycles. The number of aromatic nitrogens is 2. The highest BCUT2D eigenvalue weighted by Crippen LogP contribution is 2.27. The molecule has 0 spiro atoms. The molecule has 0 bridgehead atoms. The number of hydrogen-bond acceptors (Lipinski definition) is 2. The number of nitrogens with two attached hydrogens (primary N) is 1. The number of aromatic amines is 1. The Balaban J connectivity index is 2.55. The van der Waals surface area contributed by atoms with Gasteiger partial charge >= 0.3 is 0 Å². The van der Waals surface area contributed by atoms with Crippen LogP contribution in [0.3, 0.4) is 0 Å². The summed E-state index contributed by atoms with van der Waals surface area (Å²) >= 11 is 0. The number of benzene rings is 1. The summed E-state index contributed by atoms with van der Waals surface area (Å²) in [6, 6.07) is 6.43. The molecular formula is C15H21N3.